The van der Waals surface area contributed by atoms with Crippen molar-refractivity contribution < 1.29 is 9.53 Å². The molecule has 0 fully saturated rings. The monoisotopic (exact) mass is 257 g/mol. The Morgan fingerprint density at radius 3 is 3.11 bits per heavy atom. The van der Waals surface area contributed by atoms with Crippen LogP contribution in [0.5, 0.6) is 5.75 Å². The van der Waals surface area contributed by atoms with Crippen LogP contribution in [0.15, 0.2) is 24.3 Å². The molecule has 0 atom stereocenters. The summed E-state index contributed by atoms with van der Waals surface area (Å²) in [5.41, 5.74) is 0.544. The number of carbonyl (C=O) groups is 1. The molecule has 0 bridgehead atoms. The number of aryl methyl sites for hydroxylation is 1. The van der Waals surface area contributed by atoms with Crippen LogP contribution in [0.2, 0.25) is 0 Å². The van der Waals surface area contributed by atoms with Gasteiger partial charge in [-0.25, -0.2) is 4.98 Å². The largest absolute Gasteiger partial charge is 0.479 e. The van der Waals surface area contributed by atoms with Crippen LogP contribution in [0.4, 0.5) is 5.69 Å². The molecule has 2 N–H and O–H groups in total. The van der Waals surface area contributed by atoms with Crippen molar-refractivity contribution in [3.63, 3.8) is 0 Å². The molecule has 7 heteroatoms. The summed E-state index contributed by atoms with van der Waals surface area (Å²) in [7, 11) is 0. The summed E-state index contributed by atoms with van der Waals surface area (Å²) in [6.45, 7) is 1.66. The lowest BCUT2D eigenvalue weighted by Gasteiger charge is -2.05. The highest BCUT2D eigenvalue weighted by Crippen LogP contribution is 2.17. The SMILES string of the molecule is Cc1nc(C(=O)Nc2cccc(OCC#N)c2)n[nH]1. The first-order chi connectivity index (χ1) is 9.19. The van der Waals surface area contributed by atoms with Crippen molar-refractivity contribution in [2.75, 3.05) is 11.9 Å². The molecule has 0 aliphatic rings. The zero-order chi connectivity index (χ0) is 13.7. The Balaban J connectivity index is 2.06. The maximum Gasteiger partial charge on any atom is 0.295 e. The van der Waals surface area contributed by atoms with Gasteiger partial charge in [0.05, 0.1) is 0 Å². The number of ether oxygens (including phenoxy) is 1. The third kappa shape index (κ3) is 3.29. The van der Waals surface area contributed by atoms with E-state index in [1.54, 1.807) is 31.2 Å². The Hall–Kier alpha value is -2.88. The molecule has 1 amide bonds. The van der Waals surface area contributed by atoms with Gasteiger partial charge in [0.1, 0.15) is 17.6 Å². The first-order valence-corrected chi connectivity index (χ1v) is 5.49. The average molecular weight is 257 g/mol. The van der Waals surface area contributed by atoms with Crippen LogP contribution in [-0.4, -0.2) is 27.7 Å². The number of aromatic amines is 1. The smallest absolute Gasteiger partial charge is 0.295 e. The number of benzene rings is 1. The van der Waals surface area contributed by atoms with Gasteiger partial charge in [0.15, 0.2) is 6.61 Å². The van der Waals surface area contributed by atoms with E-state index in [1.165, 1.54) is 0 Å². The highest BCUT2D eigenvalue weighted by atomic mass is 16.5. The Labute approximate surface area is 109 Å². The molecule has 2 aromatic rings. The van der Waals surface area contributed by atoms with E-state index in [4.69, 9.17) is 10.00 Å². The lowest BCUT2D eigenvalue weighted by atomic mass is 10.3. The third-order valence-electron chi connectivity index (χ3n) is 2.20. The molecule has 0 unspecified atom stereocenters. The molecule has 96 valence electrons. The Morgan fingerprint density at radius 1 is 1.58 bits per heavy atom. The zero-order valence-corrected chi connectivity index (χ0v) is 10.2. The van der Waals surface area contributed by atoms with Crippen molar-refractivity contribution >= 4 is 11.6 Å². The fourth-order valence-corrected chi connectivity index (χ4v) is 1.41. The van der Waals surface area contributed by atoms with Crippen molar-refractivity contribution in [3.05, 3.63) is 35.9 Å². The van der Waals surface area contributed by atoms with Gasteiger partial charge in [-0.1, -0.05) is 6.07 Å². The number of nitrogens with zero attached hydrogens (tertiary/aromatic N) is 3. The Kier molecular flexibility index (Phi) is 3.73. The van der Waals surface area contributed by atoms with Gasteiger partial charge in [0, 0.05) is 11.8 Å². The summed E-state index contributed by atoms with van der Waals surface area (Å²) in [5.74, 6) is 0.726. The maximum atomic E-state index is 11.8. The van der Waals surface area contributed by atoms with Gasteiger partial charge in [-0.15, -0.1) is 5.10 Å². The van der Waals surface area contributed by atoms with E-state index in [0.29, 0.717) is 17.3 Å². The van der Waals surface area contributed by atoms with Gasteiger partial charge in [-0.3, -0.25) is 9.89 Å². The van der Waals surface area contributed by atoms with Gasteiger partial charge in [-0.2, -0.15) is 5.26 Å². The number of aromatic nitrogens is 3. The Bertz CT molecular complexity index is 629. The van der Waals surface area contributed by atoms with E-state index in [9.17, 15) is 4.79 Å². The molecule has 0 radical (unpaired) electrons. The van der Waals surface area contributed by atoms with Gasteiger partial charge >= 0.3 is 0 Å². The normalized spacial score (nSPS) is 9.68. The van der Waals surface area contributed by atoms with Crippen molar-refractivity contribution in [1.29, 1.82) is 5.26 Å². The number of hydrogen-bond donors (Lipinski definition) is 2. The summed E-state index contributed by atoms with van der Waals surface area (Å²) >= 11 is 0. The summed E-state index contributed by atoms with van der Waals surface area (Å²) in [4.78, 5) is 15.7. The van der Waals surface area contributed by atoms with Gasteiger partial charge in [0.2, 0.25) is 5.82 Å². The molecule has 1 heterocycles. The fraction of sp³-hybridized carbons (Fsp3) is 0.167. The third-order valence-corrected chi connectivity index (χ3v) is 2.20. The number of nitriles is 1. The molecule has 0 spiro atoms. The number of rotatable bonds is 4. The van der Waals surface area contributed by atoms with E-state index in [-0.39, 0.29) is 12.4 Å². The van der Waals surface area contributed by atoms with Crippen LogP contribution >= 0.6 is 0 Å². The van der Waals surface area contributed by atoms with Gasteiger partial charge < -0.3 is 10.1 Å². The van der Waals surface area contributed by atoms with E-state index >= 15 is 0 Å². The second-order valence-electron chi connectivity index (χ2n) is 3.67. The summed E-state index contributed by atoms with van der Waals surface area (Å²) in [6, 6.07) is 8.61. The average Bonchev–Trinajstić information content (AvgIpc) is 2.83. The number of carbonyl (C=O) groups excluding carboxylic acids is 1. The van der Waals surface area contributed by atoms with E-state index in [1.807, 2.05) is 6.07 Å². The van der Waals surface area contributed by atoms with Gasteiger partial charge in [0.25, 0.3) is 5.91 Å². The molecular formula is C12H11N5O2. The summed E-state index contributed by atoms with van der Waals surface area (Å²) in [6.07, 6.45) is 0. The van der Waals surface area contributed by atoms with Crippen LogP contribution in [-0.2, 0) is 0 Å². The van der Waals surface area contributed by atoms with Crippen LogP contribution in [0.1, 0.15) is 16.4 Å². The number of H-pyrrole nitrogens is 1. The number of hydrogen-bond acceptors (Lipinski definition) is 5. The Morgan fingerprint density at radius 2 is 2.42 bits per heavy atom. The number of nitrogens with one attached hydrogen (secondary N) is 2. The highest BCUT2D eigenvalue weighted by Gasteiger charge is 2.11. The van der Waals surface area contributed by atoms with Crippen LogP contribution in [0.25, 0.3) is 0 Å². The van der Waals surface area contributed by atoms with Crippen molar-refractivity contribution in [2.24, 2.45) is 0 Å². The van der Waals surface area contributed by atoms with E-state index < -0.39 is 5.91 Å². The van der Waals surface area contributed by atoms with Gasteiger partial charge in [-0.05, 0) is 19.1 Å². The number of anilines is 1. The van der Waals surface area contributed by atoms with Crippen molar-refractivity contribution in [2.45, 2.75) is 6.92 Å². The molecule has 0 saturated carbocycles. The van der Waals surface area contributed by atoms with Crippen molar-refractivity contribution in [1.82, 2.24) is 15.2 Å². The molecule has 2 rings (SSSR count). The van der Waals surface area contributed by atoms with Crippen LogP contribution in [0.3, 0.4) is 0 Å². The summed E-state index contributed by atoms with van der Waals surface area (Å²) in [5, 5.41) is 17.4. The molecule has 1 aromatic carbocycles. The molecule has 0 aliphatic carbocycles. The molecule has 7 nitrogen and oxygen atoms in total. The predicted octanol–water partition coefficient (Wildman–Crippen LogP) is 1.27. The fourth-order valence-electron chi connectivity index (χ4n) is 1.41. The molecule has 1 aromatic heterocycles. The second-order valence-corrected chi connectivity index (χ2v) is 3.67. The molecule has 0 saturated heterocycles. The minimum Gasteiger partial charge on any atom is -0.479 e. The number of amides is 1. The quantitative estimate of drug-likeness (QED) is 0.858. The summed E-state index contributed by atoms with van der Waals surface area (Å²) < 4.78 is 5.14. The van der Waals surface area contributed by atoms with E-state index in [2.05, 4.69) is 20.5 Å². The second kappa shape index (κ2) is 5.64. The first kappa shape index (κ1) is 12.6. The first-order valence-electron chi connectivity index (χ1n) is 5.49. The highest BCUT2D eigenvalue weighted by molar-refractivity contribution is 6.01. The minimum atomic E-state index is -0.415. The topological polar surface area (TPSA) is 104 Å². The molecular weight excluding hydrogens is 246 g/mol. The standard InChI is InChI=1S/C12H11N5O2/c1-8-14-11(17-16-8)12(18)15-9-3-2-4-10(7-9)19-6-5-13/h2-4,7H,6H2,1H3,(H,15,18)(H,14,16,17). The lowest BCUT2D eigenvalue weighted by molar-refractivity contribution is 0.101. The van der Waals surface area contributed by atoms with E-state index in [0.717, 1.165) is 0 Å². The molecule has 0 aliphatic heterocycles. The predicted molar refractivity (Wildman–Crippen MR) is 66.6 cm³/mol. The van der Waals surface area contributed by atoms with Crippen molar-refractivity contribution in [3.8, 4) is 11.8 Å². The molecule has 19 heavy (non-hydrogen) atoms. The minimum absolute atomic E-state index is 0.0441. The van der Waals surface area contributed by atoms with Crippen LogP contribution in [0, 0.1) is 18.3 Å². The maximum absolute atomic E-state index is 11.8. The lowest BCUT2D eigenvalue weighted by Crippen LogP contribution is -2.13. The van der Waals surface area contributed by atoms with Crippen LogP contribution < -0.4 is 10.1 Å². The zero-order valence-electron chi connectivity index (χ0n) is 10.2.